The molecular weight excluding hydrogens is 482 g/mol. The van der Waals surface area contributed by atoms with Crippen LogP contribution in [-0.2, 0) is 20.7 Å². The predicted molar refractivity (Wildman–Crippen MR) is 109 cm³/mol. The third-order valence-electron chi connectivity index (χ3n) is 3.50. The molecule has 0 aliphatic rings. The van der Waals surface area contributed by atoms with Gasteiger partial charge in [-0.3, -0.25) is 10.1 Å². The van der Waals surface area contributed by atoms with E-state index in [0.717, 1.165) is 14.5 Å². The van der Waals surface area contributed by atoms with Crippen LogP contribution in [0.4, 0.5) is 10.5 Å². The first kappa shape index (κ1) is 21.2. The van der Waals surface area contributed by atoms with Gasteiger partial charge in [0.1, 0.15) is 5.75 Å². The van der Waals surface area contributed by atoms with Crippen molar-refractivity contribution in [3.63, 3.8) is 0 Å². The van der Waals surface area contributed by atoms with Gasteiger partial charge in [0, 0.05) is 12.1 Å². The summed E-state index contributed by atoms with van der Waals surface area (Å²) in [6.07, 6.45) is 0.377. The molecule has 0 fully saturated rings. The number of esters is 1. The highest BCUT2D eigenvalue weighted by Gasteiger charge is 2.12. The van der Waals surface area contributed by atoms with E-state index in [9.17, 15) is 9.59 Å². The Morgan fingerprint density at radius 2 is 1.70 bits per heavy atom. The Hall–Kier alpha value is -2.06. The molecule has 144 valence electrons. The lowest BCUT2D eigenvalue weighted by Gasteiger charge is -2.12. The first-order chi connectivity index (χ1) is 12.9. The van der Waals surface area contributed by atoms with Gasteiger partial charge in [-0.25, -0.2) is 4.79 Å². The summed E-state index contributed by atoms with van der Waals surface area (Å²) in [7, 11) is 1.37. The quantitative estimate of drug-likeness (QED) is 0.495. The molecule has 0 atom stereocenters. The van der Waals surface area contributed by atoms with Gasteiger partial charge in [0.15, 0.2) is 5.75 Å². The second-order valence-corrected chi connectivity index (χ2v) is 7.15. The van der Waals surface area contributed by atoms with E-state index in [0.29, 0.717) is 36.6 Å². The standard InChI is InChI=1S/C19H19Br2NO5/c1-3-26-19(24)22-13-5-7-14(8-6-13)27-18-15(20)10-12(11-16(18)21)4-9-17(23)25-2/h5-8,10-11H,3-4,9H2,1-2H3,(H,22,24). The molecule has 1 amide bonds. The number of methoxy groups -OCH3 is 1. The molecule has 0 spiro atoms. The van der Waals surface area contributed by atoms with E-state index in [-0.39, 0.29) is 5.97 Å². The summed E-state index contributed by atoms with van der Waals surface area (Å²) in [4.78, 5) is 22.7. The number of ether oxygens (including phenoxy) is 3. The van der Waals surface area contributed by atoms with E-state index < -0.39 is 6.09 Å². The van der Waals surface area contributed by atoms with E-state index in [1.165, 1.54) is 7.11 Å². The van der Waals surface area contributed by atoms with Crippen molar-refractivity contribution < 1.29 is 23.8 Å². The van der Waals surface area contributed by atoms with Crippen molar-refractivity contribution in [1.82, 2.24) is 0 Å². The van der Waals surface area contributed by atoms with Crippen molar-refractivity contribution in [2.75, 3.05) is 19.0 Å². The highest BCUT2D eigenvalue weighted by molar-refractivity contribution is 9.11. The van der Waals surface area contributed by atoms with Crippen LogP contribution in [0.1, 0.15) is 18.9 Å². The maximum atomic E-state index is 11.4. The summed E-state index contributed by atoms with van der Waals surface area (Å²) in [6.45, 7) is 2.05. The van der Waals surface area contributed by atoms with Crippen molar-refractivity contribution in [3.05, 3.63) is 50.9 Å². The number of aryl methyl sites for hydroxylation is 1. The van der Waals surface area contributed by atoms with Gasteiger partial charge in [-0.2, -0.15) is 0 Å². The number of carbonyl (C=O) groups excluding carboxylic acids is 2. The summed E-state index contributed by atoms with van der Waals surface area (Å²) in [6, 6.07) is 10.7. The smallest absolute Gasteiger partial charge is 0.411 e. The molecule has 2 aromatic rings. The van der Waals surface area contributed by atoms with Crippen LogP contribution in [0.25, 0.3) is 0 Å². The van der Waals surface area contributed by atoms with Crippen LogP contribution in [0.5, 0.6) is 11.5 Å². The molecule has 6 nitrogen and oxygen atoms in total. The molecule has 0 bridgehead atoms. The van der Waals surface area contributed by atoms with Gasteiger partial charge in [0.2, 0.25) is 0 Å². The van der Waals surface area contributed by atoms with Gasteiger partial charge in [0.05, 0.1) is 22.7 Å². The summed E-state index contributed by atoms with van der Waals surface area (Å²) in [5.41, 5.74) is 1.58. The Labute approximate surface area is 174 Å². The lowest BCUT2D eigenvalue weighted by atomic mass is 10.1. The van der Waals surface area contributed by atoms with Crippen LogP contribution in [0.15, 0.2) is 45.3 Å². The fraction of sp³-hybridized carbons (Fsp3) is 0.263. The molecule has 2 aromatic carbocycles. The van der Waals surface area contributed by atoms with Gasteiger partial charge in [-0.05, 0) is 87.2 Å². The predicted octanol–water partition coefficient (Wildman–Crippen LogP) is 5.68. The van der Waals surface area contributed by atoms with E-state index in [4.69, 9.17) is 9.47 Å². The molecule has 0 aliphatic carbocycles. The van der Waals surface area contributed by atoms with Gasteiger partial charge in [-0.15, -0.1) is 0 Å². The number of hydrogen-bond acceptors (Lipinski definition) is 5. The average molecular weight is 501 g/mol. The third-order valence-corrected chi connectivity index (χ3v) is 4.68. The molecule has 2 rings (SSSR count). The molecule has 0 unspecified atom stereocenters. The number of nitrogens with one attached hydrogen (secondary N) is 1. The van der Waals surface area contributed by atoms with E-state index in [2.05, 4.69) is 41.9 Å². The van der Waals surface area contributed by atoms with Crippen LogP contribution in [0.2, 0.25) is 0 Å². The normalized spacial score (nSPS) is 10.2. The average Bonchev–Trinajstić information content (AvgIpc) is 2.64. The molecule has 0 aromatic heterocycles. The van der Waals surface area contributed by atoms with E-state index >= 15 is 0 Å². The summed E-state index contributed by atoms with van der Waals surface area (Å²) < 4.78 is 16.9. The monoisotopic (exact) mass is 499 g/mol. The van der Waals surface area contributed by atoms with Crippen LogP contribution in [0.3, 0.4) is 0 Å². The van der Waals surface area contributed by atoms with E-state index in [1.807, 2.05) is 12.1 Å². The maximum Gasteiger partial charge on any atom is 0.411 e. The van der Waals surface area contributed by atoms with Crippen LogP contribution in [-0.4, -0.2) is 25.8 Å². The molecule has 1 N–H and O–H groups in total. The van der Waals surface area contributed by atoms with Gasteiger partial charge < -0.3 is 14.2 Å². The van der Waals surface area contributed by atoms with Crippen LogP contribution >= 0.6 is 31.9 Å². The summed E-state index contributed by atoms with van der Waals surface area (Å²) in [5, 5.41) is 2.62. The Kier molecular flexibility index (Phi) is 8.12. The van der Waals surface area contributed by atoms with Crippen molar-refractivity contribution in [1.29, 1.82) is 0 Å². The minimum Gasteiger partial charge on any atom is -0.469 e. The lowest BCUT2D eigenvalue weighted by molar-refractivity contribution is -0.140. The number of anilines is 1. The number of carbonyl (C=O) groups is 2. The van der Waals surface area contributed by atoms with Crippen molar-refractivity contribution in [3.8, 4) is 11.5 Å². The summed E-state index contributed by atoms with van der Waals surface area (Å²) in [5.74, 6) is 0.968. The number of rotatable bonds is 7. The minimum absolute atomic E-state index is 0.251. The largest absolute Gasteiger partial charge is 0.469 e. The third kappa shape index (κ3) is 6.55. The fourth-order valence-electron chi connectivity index (χ4n) is 2.21. The van der Waals surface area contributed by atoms with Crippen LogP contribution < -0.4 is 10.1 Å². The molecule has 27 heavy (non-hydrogen) atoms. The van der Waals surface area contributed by atoms with E-state index in [1.54, 1.807) is 31.2 Å². The van der Waals surface area contributed by atoms with Gasteiger partial charge >= 0.3 is 12.1 Å². The zero-order valence-corrected chi connectivity index (χ0v) is 18.1. The number of halogens is 2. The highest BCUT2D eigenvalue weighted by Crippen LogP contribution is 2.38. The first-order valence-electron chi connectivity index (χ1n) is 8.19. The van der Waals surface area contributed by atoms with Crippen LogP contribution in [0, 0.1) is 0 Å². The lowest BCUT2D eigenvalue weighted by Crippen LogP contribution is -2.12. The zero-order chi connectivity index (χ0) is 19.8. The van der Waals surface area contributed by atoms with Gasteiger partial charge in [-0.1, -0.05) is 0 Å². The molecule has 8 heteroatoms. The summed E-state index contributed by atoms with van der Waals surface area (Å²) >= 11 is 7.00. The first-order valence-corrected chi connectivity index (χ1v) is 9.78. The number of hydrogen-bond donors (Lipinski definition) is 1. The zero-order valence-electron chi connectivity index (χ0n) is 14.9. The SMILES string of the molecule is CCOC(=O)Nc1ccc(Oc2c(Br)cc(CCC(=O)OC)cc2Br)cc1. The molecule has 0 saturated carbocycles. The fourth-order valence-corrected chi connectivity index (χ4v) is 3.66. The highest BCUT2D eigenvalue weighted by atomic mass is 79.9. The number of amides is 1. The van der Waals surface area contributed by atoms with Crippen molar-refractivity contribution >= 4 is 49.6 Å². The molecular formula is C19H19Br2NO5. The second kappa shape index (κ2) is 10.3. The molecule has 0 saturated heterocycles. The maximum absolute atomic E-state index is 11.4. The molecule has 0 heterocycles. The Bertz CT molecular complexity index is 785. The topological polar surface area (TPSA) is 73.9 Å². The Morgan fingerprint density at radius 3 is 2.26 bits per heavy atom. The Morgan fingerprint density at radius 1 is 1.07 bits per heavy atom. The van der Waals surface area contributed by atoms with Gasteiger partial charge in [0.25, 0.3) is 0 Å². The van der Waals surface area contributed by atoms with Crippen molar-refractivity contribution in [2.24, 2.45) is 0 Å². The van der Waals surface area contributed by atoms with Crippen molar-refractivity contribution in [2.45, 2.75) is 19.8 Å². The molecule has 0 radical (unpaired) electrons. The second-order valence-electron chi connectivity index (χ2n) is 5.44. The minimum atomic E-state index is -0.501. The Balaban J connectivity index is 2.06. The molecule has 0 aliphatic heterocycles. The number of benzene rings is 2.